The number of rotatable bonds is 11. The van der Waals surface area contributed by atoms with Gasteiger partial charge in [0.2, 0.25) is 0 Å². The molecule has 0 aliphatic rings. The van der Waals surface area contributed by atoms with Crippen LogP contribution in [0.1, 0.15) is 108 Å². The number of carbonyl (C=O) groups excluding carboxylic acids is 1. The largest absolute Gasteiger partial charge is 0.506 e. The first kappa shape index (κ1) is 22.0. The number of benzene rings is 1. The first-order chi connectivity index (χ1) is 11.8. The van der Waals surface area contributed by atoms with Crippen LogP contribution in [0.4, 0.5) is 0 Å². The molecule has 0 saturated carbocycles. The summed E-state index contributed by atoms with van der Waals surface area (Å²) in [5.74, 6) is -0.0796. The average molecular weight is 367 g/mol. The maximum atomic E-state index is 12.5. The summed E-state index contributed by atoms with van der Waals surface area (Å²) in [6, 6.07) is 3.56. The number of hydrogen-bond donors (Lipinski definition) is 1. The van der Waals surface area contributed by atoms with Crippen LogP contribution in [0.5, 0.6) is 5.75 Å². The Kier molecular flexibility index (Phi) is 9.56. The van der Waals surface area contributed by atoms with E-state index in [-0.39, 0.29) is 22.0 Å². The highest BCUT2D eigenvalue weighted by molar-refractivity contribution is 6.32. The lowest BCUT2D eigenvalue weighted by atomic mass is 9.85. The summed E-state index contributed by atoms with van der Waals surface area (Å²) in [5.41, 5.74) is 1.24. The van der Waals surface area contributed by atoms with E-state index in [4.69, 9.17) is 11.6 Å². The van der Waals surface area contributed by atoms with Gasteiger partial charge in [0.15, 0.2) is 5.78 Å². The van der Waals surface area contributed by atoms with Gasteiger partial charge in [0.05, 0.1) is 10.6 Å². The molecule has 0 amide bonds. The molecule has 0 unspecified atom stereocenters. The van der Waals surface area contributed by atoms with Crippen molar-refractivity contribution in [1.29, 1.82) is 0 Å². The minimum Gasteiger partial charge on any atom is -0.506 e. The van der Waals surface area contributed by atoms with E-state index < -0.39 is 0 Å². The monoisotopic (exact) mass is 366 g/mol. The van der Waals surface area contributed by atoms with Crippen molar-refractivity contribution in [1.82, 2.24) is 0 Å². The zero-order valence-electron chi connectivity index (χ0n) is 16.5. The highest BCUT2D eigenvalue weighted by Crippen LogP contribution is 2.34. The maximum Gasteiger partial charge on any atom is 0.166 e. The number of phenols is 1. The Balaban J connectivity index is 2.44. The van der Waals surface area contributed by atoms with Gasteiger partial charge in [-0.25, -0.2) is 0 Å². The molecule has 0 aromatic heterocycles. The molecule has 25 heavy (non-hydrogen) atoms. The molecule has 3 heteroatoms. The molecule has 0 spiro atoms. The van der Waals surface area contributed by atoms with Gasteiger partial charge in [-0.3, -0.25) is 4.79 Å². The third kappa shape index (κ3) is 7.81. The smallest absolute Gasteiger partial charge is 0.166 e. The van der Waals surface area contributed by atoms with Gasteiger partial charge in [0.25, 0.3) is 0 Å². The number of carbonyl (C=O) groups is 1. The van der Waals surface area contributed by atoms with Crippen LogP contribution in [-0.2, 0) is 5.41 Å². The first-order valence-corrected chi connectivity index (χ1v) is 10.2. The van der Waals surface area contributed by atoms with Crippen LogP contribution in [-0.4, -0.2) is 10.9 Å². The molecule has 0 fully saturated rings. The molecule has 1 aromatic rings. The van der Waals surface area contributed by atoms with Crippen molar-refractivity contribution in [3.05, 3.63) is 28.3 Å². The molecule has 0 radical (unpaired) electrons. The summed E-state index contributed by atoms with van der Waals surface area (Å²) in [7, 11) is 0. The summed E-state index contributed by atoms with van der Waals surface area (Å²) in [4.78, 5) is 12.5. The van der Waals surface area contributed by atoms with E-state index in [0.717, 1.165) is 18.4 Å². The Hall–Kier alpha value is -1.02. The van der Waals surface area contributed by atoms with Crippen molar-refractivity contribution in [2.45, 2.75) is 97.3 Å². The second-order valence-electron chi connectivity index (χ2n) is 8.11. The number of phenolic OH excluding ortho intramolecular Hbond substituents is 1. The molecule has 0 bridgehead atoms. The van der Waals surface area contributed by atoms with E-state index in [1.165, 1.54) is 44.9 Å². The minimum absolute atomic E-state index is 0.00607. The number of unbranched alkanes of at least 4 members (excludes halogenated alkanes) is 8. The highest BCUT2D eigenvalue weighted by atomic mass is 35.5. The fraction of sp³-hybridized carbons (Fsp3) is 0.682. The average Bonchev–Trinajstić information content (AvgIpc) is 2.54. The Bertz CT molecular complexity index is 544. The Morgan fingerprint density at radius 1 is 0.960 bits per heavy atom. The van der Waals surface area contributed by atoms with Crippen LogP contribution < -0.4 is 0 Å². The molecule has 1 aromatic carbocycles. The van der Waals surface area contributed by atoms with Crippen LogP contribution in [0.25, 0.3) is 0 Å². The van der Waals surface area contributed by atoms with Crippen LogP contribution in [0.3, 0.4) is 0 Å². The van der Waals surface area contributed by atoms with Crippen molar-refractivity contribution in [3.8, 4) is 5.75 Å². The summed E-state index contributed by atoms with van der Waals surface area (Å²) in [6.45, 7) is 8.46. The summed E-state index contributed by atoms with van der Waals surface area (Å²) in [5, 5.41) is 10.4. The minimum atomic E-state index is -0.107. The highest BCUT2D eigenvalue weighted by Gasteiger charge is 2.21. The summed E-state index contributed by atoms with van der Waals surface area (Å²) >= 11 is 6.12. The third-order valence-corrected chi connectivity index (χ3v) is 5.03. The van der Waals surface area contributed by atoms with Crippen molar-refractivity contribution >= 4 is 17.4 Å². The van der Waals surface area contributed by atoms with Crippen molar-refractivity contribution in [2.24, 2.45) is 0 Å². The molecule has 0 aliphatic heterocycles. The first-order valence-electron chi connectivity index (χ1n) is 9.83. The Morgan fingerprint density at radius 2 is 1.48 bits per heavy atom. The quantitative estimate of drug-likeness (QED) is 0.326. The van der Waals surface area contributed by atoms with Gasteiger partial charge >= 0.3 is 0 Å². The fourth-order valence-corrected chi connectivity index (χ4v) is 3.19. The molecular weight excluding hydrogens is 332 g/mol. The standard InChI is InChI=1S/C22H35ClO2/c1-5-6-7-8-9-10-11-12-13-14-20(24)18-15-17(22(2,3)4)16-19(23)21(18)25/h15-16,25H,5-14H2,1-4H3. The molecule has 142 valence electrons. The molecule has 0 saturated heterocycles. The van der Waals surface area contributed by atoms with Crippen LogP contribution >= 0.6 is 11.6 Å². The van der Waals surface area contributed by atoms with Gasteiger partial charge in [0.1, 0.15) is 5.75 Å². The number of halogens is 1. The van der Waals surface area contributed by atoms with E-state index in [1.54, 1.807) is 12.1 Å². The van der Waals surface area contributed by atoms with Crippen molar-refractivity contribution < 1.29 is 9.90 Å². The van der Waals surface area contributed by atoms with E-state index in [2.05, 4.69) is 27.7 Å². The number of aromatic hydroxyl groups is 1. The zero-order chi connectivity index (χ0) is 18.9. The fourth-order valence-electron chi connectivity index (χ4n) is 2.98. The Labute approximate surface area is 159 Å². The second kappa shape index (κ2) is 10.9. The van der Waals surface area contributed by atoms with Crippen molar-refractivity contribution in [2.75, 3.05) is 0 Å². The van der Waals surface area contributed by atoms with Gasteiger partial charge in [-0.15, -0.1) is 0 Å². The SMILES string of the molecule is CCCCCCCCCCCC(=O)c1cc(C(C)(C)C)cc(Cl)c1O. The maximum absolute atomic E-state index is 12.5. The van der Waals surface area contributed by atoms with Gasteiger partial charge < -0.3 is 5.11 Å². The van der Waals surface area contributed by atoms with Crippen LogP contribution in [0.15, 0.2) is 12.1 Å². The predicted octanol–water partition coefficient (Wildman–Crippen LogP) is 7.45. The van der Waals surface area contributed by atoms with E-state index >= 15 is 0 Å². The molecule has 2 nitrogen and oxygen atoms in total. The van der Waals surface area contributed by atoms with Crippen LogP contribution in [0.2, 0.25) is 5.02 Å². The van der Waals surface area contributed by atoms with Gasteiger partial charge in [0, 0.05) is 6.42 Å². The van der Waals surface area contributed by atoms with Gasteiger partial charge in [-0.1, -0.05) is 90.7 Å². The summed E-state index contributed by atoms with van der Waals surface area (Å²) in [6.07, 6.45) is 11.5. The van der Waals surface area contributed by atoms with E-state index in [1.807, 2.05) is 0 Å². The molecule has 0 aliphatic carbocycles. The topological polar surface area (TPSA) is 37.3 Å². The number of Topliss-reactive ketones (excluding diaryl/α,β-unsaturated/α-hetero) is 1. The number of ketones is 1. The summed E-state index contributed by atoms with van der Waals surface area (Å²) < 4.78 is 0. The lowest BCUT2D eigenvalue weighted by molar-refractivity contribution is 0.0976. The van der Waals surface area contributed by atoms with E-state index in [0.29, 0.717) is 12.0 Å². The number of hydrogen-bond acceptors (Lipinski definition) is 2. The molecule has 1 N–H and O–H groups in total. The lowest BCUT2D eigenvalue weighted by Gasteiger charge is -2.21. The van der Waals surface area contributed by atoms with Gasteiger partial charge in [-0.2, -0.15) is 0 Å². The molecular formula is C22H35ClO2. The van der Waals surface area contributed by atoms with Crippen LogP contribution in [0, 0.1) is 0 Å². The lowest BCUT2D eigenvalue weighted by Crippen LogP contribution is -2.13. The molecule has 0 atom stereocenters. The van der Waals surface area contributed by atoms with E-state index in [9.17, 15) is 9.90 Å². The van der Waals surface area contributed by atoms with Crippen molar-refractivity contribution in [3.63, 3.8) is 0 Å². The Morgan fingerprint density at radius 3 is 2.00 bits per heavy atom. The second-order valence-corrected chi connectivity index (χ2v) is 8.51. The zero-order valence-corrected chi connectivity index (χ0v) is 17.2. The molecule has 1 rings (SSSR count). The predicted molar refractivity (Wildman–Crippen MR) is 108 cm³/mol. The normalized spacial score (nSPS) is 11.7. The van der Waals surface area contributed by atoms with Gasteiger partial charge in [-0.05, 0) is 29.5 Å². The molecule has 0 heterocycles. The third-order valence-electron chi connectivity index (χ3n) is 4.74.